The van der Waals surface area contributed by atoms with Crippen molar-refractivity contribution in [2.24, 2.45) is 0 Å². The molecule has 0 heterocycles. The van der Waals surface area contributed by atoms with Crippen LogP contribution in [0.1, 0.15) is 47.1 Å². The lowest BCUT2D eigenvalue weighted by molar-refractivity contribution is 0.0359. The maximum Gasteiger partial charge on any atom is 0.417 e. The van der Waals surface area contributed by atoms with Gasteiger partial charge in [0.15, 0.2) is 0 Å². The molecule has 0 saturated heterocycles. The Morgan fingerprint density at radius 3 is 2.04 bits per heavy atom. The summed E-state index contributed by atoms with van der Waals surface area (Å²) in [6.07, 6.45) is -1.18. The van der Waals surface area contributed by atoms with E-state index in [1.165, 1.54) is 12.1 Å². The van der Waals surface area contributed by atoms with Gasteiger partial charge in [0.1, 0.15) is 17.0 Å². The third-order valence-corrected chi connectivity index (χ3v) is 3.06. The topological polar surface area (TPSA) is 112 Å². The summed E-state index contributed by atoms with van der Waals surface area (Å²) in [5, 5.41) is 19.7. The van der Waals surface area contributed by atoms with E-state index in [-0.39, 0.29) is 12.3 Å². The van der Waals surface area contributed by atoms with E-state index in [0.29, 0.717) is 6.42 Å². The Kier molecular flexibility index (Phi) is 7.21. The van der Waals surface area contributed by atoms with Crippen molar-refractivity contribution in [2.75, 3.05) is 6.54 Å². The second-order valence-corrected chi connectivity index (χ2v) is 8.02. The summed E-state index contributed by atoms with van der Waals surface area (Å²) in [7, 11) is 0. The first-order valence-corrected chi connectivity index (χ1v) is 8.64. The molecule has 0 aromatic heterocycles. The van der Waals surface area contributed by atoms with Gasteiger partial charge in [-0.05, 0) is 65.7 Å². The van der Waals surface area contributed by atoms with E-state index in [1.54, 1.807) is 53.7 Å². The first-order chi connectivity index (χ1) is 12.3. The van der Waals surface area contributed by atoms with E-state index in [4.69, 9.17) is 14.9 Å². The van der Waals surface area contributed by atoms with E-state index < -0.39 is 29.3 Å². The number of carbonyl (C=O) groups excluding carboxylic acids is 2. The number of alkyl carbamates (subject to hydrolysis) is 1. The molecule has 0 radical (unpaired) electrons. The van der Waals surface area contributed by atoms with Gasteiger partial charge in [0.25, 0.3) is 0 Å². The normalized spacial score (nSPS) is 11.5. The molecule has 8 nitrogen and oxygen atoms in total. The van der Waals surface area contributed by atoms with Crippen molar-refractivity contribution in [1.29, 1.82) is 5.41 Å². The van der Waals surface area contributed by atoms with Crippen LogP contribution in [0, 0.1) is 5.41 Å². The number of ether oxygens (including phenoxy) is 2. The number of aromatic hydroxyl groups is 1. The van der Waals surface area contributed by atoms with E-state index >= 15 is 0 Å². The summed E-state index contributed by atoms with van der Waals surface area (Å²) >= 11 is 0. The summed E-state index contributed by atoms with van der Waals surface area (Å²) in [6, 6.07) is 6.51. The number of hydrogen-bond donors (Lipinski definition) is 3. The number of rotatable bonds is 3. The highest BCUT2D eigenvalue weighted by molar-refractivity contribution is 5.99. The minimum atomic E-state index is -0.828. The van der Waals surface area contributed by atoms with Gasteiger partial charge in [-0.1, -0.05) is 12.1 Å². The highest BCUT2D eigenvalue weighted by atomic mass is 16.6. The first kappa shape index (κ1) is 22.3. The first-order valence-electron chi connectivity index (χ1n) is 8.64. The van der Waals surface area contributed by atoms with Crippen LogP contribution in [0.25, 0.3) is 0 Å². The number of hydrogen-bond acceptors (Lipinski definition) is 6. The van der Waals surface area contributed by atoms with Crippen LogP contribution in [0.15, 0.2) is 24.3 Å². The molecule has 0 saturated carbocycles. The SMILES string of the molecule is CC(C)(C)OC(=O)NC(=N)N(CCc1ccc(O)cc1)C(=O)OC(C)(C)C. The van der Waals surface area contributed by atoms with Gasteiger partial charge < -0.3 is 14.6 Å². The molecule has 0 unspecified atom stereocenters. The van der Waals surface area contributed by atoms with Crippen LogP contribution in [-0.4, -0.2) is 45.9 Å². The Morgan fingerprint density at radius 2 is 1.56 bits per heavy atom. The molecule has 1 aromatic rings. The lowest BCUT2D eigenvalue weighted by Gasteiger charge is -2.28. The van der Waals surface area contributed by atoms with Crippen molar-refractivity contribution >= 4 is 18.1 Å². The van der Waals surface area contributed by atoms with Gasteiger partial charge in [0, 0.05) is 6.54 Å². The molecule has 8 heteroatoms. The van der Waals surface area contributed by atoms with Crippen LogP contribution in [0.4, 0.5) is 9.59 Å². The van der Waals surface area contributed by atoms with Crippen LogP contribution in [0.3, 0.4) is 0 Å². The molecule has 27 heavy (non-hydrogen) atoms. The third kappa shape index (κ3) is 8.94. The van der Waals surface area contributed by atoms with Gasteiger partial charge in [0.2, 0.25) is 5.96 Å². The molecule has 0 fully saturated rings. The quantitative estimate of drug-likeness (QED) is 0.548. The summed E-state index contributed by atoms with van der Waals surface area (Å²) in [6.45, 7) is 10.4. The highest BCUT2D eigenvalue weighted by Crippen LogP contribution is 2.13. The number of benzene rings is 1. The minimum absolute atomic E-state index is 0.105. The molecule has 1 aromatic carbocycles. The Morgan fingerprint density at radius 1 is 1.04 bits per heavy atom. The van der Waals surface area contributed by atoms with Gasteiger partial charge in [-0.15, -0.1) is 0 Å². The van der Waals surface area contributed by atoms with Gasteiger partial charge in [-0.3, -0.25) is 10.7 Å². The average Bonchev–Trinajstić information content (AvgIpc) is 2.45. The summed E-state index contributed by atoms with van der Waals surface area (Å²) < 4.78 is 10.4. The predicted molar refractivity (Wildman–Crippen MR) is 102 cm³/mol. The molecule has 2 amide bonds. The second kappa shape index (κ2) is 8.75. The fraction of sp³-hybridized carbons (Fsp3) is 0.526. The lowest BCUT2D eigenvalue weighted by Crippen LogP contribution is -2.50. The van der Waals surface area contributed by atoms with Crippen molar-refractivity contribution in [3.05, 3.63) is 29.8 Å². The zero-order chi connectivity index (χ0) is 20.8. The maximum absolute atomic E-state index is 12.5. The van der Waals surface area contributed by atoms with Gasteiger partial charge in [-0.25, -0.2) is 14.5 Å². The van der Waals surface area contributed by atoms with Crippen LogP contribution in [0.2, 0.25) is 0 Å². The number of carbonyl (C=O) groups is 2. The molecule has 0 bridgehead atoms. The molecule has 0 aliphatic rings. The lowest BCUT2D eigenvalue weighted by atomic mass is 10.1. The van der Waals surface area contributed by atoms with Gasteiger partial charge >= 0.3 is 12.2 Å². The number of nitrogens with zero attached hydrogens (tertiary/aromatic N) is 1. The Hall–Kier alpha value is -2.77. The molecular formula is C19H29N3O5. The molecule has 0 aliphatic carbocycles. The van der Waals surface area contributed by atoms with Crippen LogP contribution in [-0.2, 0) is 15.9 Å². The maximum atomic E-state index is 12.5. The van der Waals surface area contributed by atoms with Crippen molar-refractivity contribution in [3.8, 4) is 5.75 Å². The molecule has 1 rings (SSSR count). The fourth-order valence-corrected chi connectivity index (χ4v) is 1.98. The monoisotopic (exact) mass is 379 g/mol. The number of guanidine groups is 1. The zero-order valence-electron chi connectivity index (χ0n) is 16.8. The predicted octanol–water partition coefficient (Wildman–Crippen LogP) is 3.63. The number of amides is 2. The van der Waals surface area contributed by atoms with Crippen molar-refractivity contribution in [3.63, 3.8) is 0 Å². The van der Waals surface area contributed by atoms with Crippen molar-refractivity contribution < 1.29 is 24.2 Å². The molecule has 0 atom stereocenters. The summed E-state index contributed by atoms with van der Waals surface area (Å²) in [5.74, 6) is -0.292. The van der Waals surface area contributed by atoms with Crippen LogP contribution in [0.5, 0.6) is 5.75 Å². The van der Waals surface area contributed by atoms with Gasteiger partial charge in [-0.2, -0.15) is 0 Å². The van der Waals surface area contributed by atoms with Crippen LogP contribution < -0.4 is 5.32 Å². The smallest absolute Gasteiger partial charge is 0.417 e. The number of nitrogens with one attached hydrogen (secondary N) is 2. The zero-order valence-corrected chi connectivity index (χ0v) is 16.8. The molecular weight excluding hydrogens is 350 g/mol. The molecule has 0 spiro atoms. The van der Waals surface area contributed by atoms with Crippen LogP contribution >= 0.6 is 0 Å². The van der Waals surface area contributed by atoms with E-state index in [1.807, 2.05) is 0 Å². The Balaban J connectivity index is 2.85. The van der Waals surface area contributed by atoms with E-state index in [2.05, 4.69) is 5.32 Å². The van der Waals surface area contributed by atoms with Crippen molar-refractivity contribution in [2.45, 2.75) is 59.2 Å². The Bertz CT molecular complexity index is 672. The third-order valence-electron chi connectivity index (χ3n) is 3.06. The molecule has 0 aliphatic heterocycles. The molecule has 3 N–H and O–H groups in total. The summed E-state index contributed by atoms with van der Waals surface area (Å²) in [4.78, 5) is 25.4. The standard InChI is InChI=1S/C19H29N3O5/c1-18(2,3)26-16(24)21-15(20)22(17(25)27-19(4,5)6)12-11-13-7-9-14(23)10-8-13/h7-10,23H,11-12H2,1-6H3,(H2,20,21,24). The highest BCUT2D eigenvalue weighted by Gasteiger charge is 2.27. The second-order valence-electron chi connectivity index (χ2n) is 8.02. The summed E-state index contributed by atoms with van der Waals surface area (Å²) in [5.41, 5.74) is -0.626. The van der Waals surface area contributed by atoms with E-state index in [0.717, 1.165) is 10.5 Å². The average molecular weight is 379 g/mol. The van der Waals surface area contributed by atoms with E-state index in [9.17, 15) is 14.7 Å². The molecule has 150 valence electrons. The Labute approximate surface area is 160 Å². The van der Waals surface area contributed by atoms with Gasteiger partial charge in [0.05, 0.1) is 0 Å². The number of phenolic OH excluding ortho intramolecular Hbond substituents is 1. The number of phenols is 1. The fourth-order valence-electron chi connectivity index (χ4n) is 1.98. The largest absolute Gasteiger partial charge is 0.508 e. The minimum Gasteiger partial charge on any atom is -0.508 e. The van der Waals surface area contributed by atoms with Crippen molar-refractivity contribution in [1.82, 2.24) is 10.2 Å².